The second kappa shape index (κ2) is 12.6. The molecule has 0 saturated heterocycles. The topological polar surface area (TPSA) is 76.3 Å². The van der Waals surface area contributed by atoms with Gasteiger partial charge in [-0.3, -0.25) is 0 Å². The van der Waals surface area contributed by atoms with Crippen LogP contribution in [0.2, 0.25) is 0 Å². The molecule has 232 valence electrons. The Balaban J connectivity index is 1.57. The lowest BCUT2D eigenvalue weighted by Crippen LogP contribution is -2.75. The highest BCUT2D eigenvalue weighted by Crippen LogP contribution is 2.37. The van der Waals surface area contributed by atoms with Gasteiger partial charge in [0.1, 0.15) is 12.1 Å². The van der Waals surface area contributed by atoms with Crippen molar-refractivity contribution in [1.29, 1.82) is 15.8 Å². The summed E-state index contributed by atoms with van der Waals surface area (Å²) in [6.45, 7) is 0. The van der Waals surface area contributed by atoms with Gasteiger partial charge in [0.2, 0.25) is 0 Å². The first kappa shape index (κ1) is 30.4. The Labute approximate surface area is 291 Å². The number of benzene rings is 7. The lowest BCUT2D eigenvalue weighted by molar-refractivity contribution is 1.18. The monoisotopic (exact) mass is 652 g/mol. The van der Waals surface area contributed by atoms with E-state index < -0.39 is 8.07 Å². The van der Waals surface area contributed by atoms with E-state index in [2.05, 4.69) is 120 Å². The molecular formula is C45H28N4Si. The summed E-state index contributed by atoms with van der Waals surface area (Å²) in [6.07, 6.45) is 0. The summed E-state index contributed by atoms with van der Waals surface area (Å²) < 4.78 is 2.26. The van der Waals surface area contributed by atoms with E-state index in [-0.39, 0.29) is 0 Å². The maximum absolute atomic E-state index is 11.1. The quantitative estimate of drug-likeness (QED) is 0.138. The molecule has 0 unspecified atom stereocenters. The van der Waals surface area contributed by atoms with Gasteiger partial charge in [0.25, 0.3) is 0 Å². The van der Waals surface area contributed by atoms with E-state index in [0.717, 1.165) is 59.4 Å². The number of rotatable bonds is 6. The van der Waals surface area contributed by atoms with Crippen molar-refractivity contribution in [3.63, 3.8) is 0 Å². The maximum Gasteiger partial charge on any atom is 0.181 e. The zero-order valence-electron chi connectivity index (χ0n) is 27.0. The molecule has 0 saturated carbocycles. The summed E-state index contributed by atoms with van der Waals surface area (Å²) >= 11 is 0. The molecule has 0 radical (unpaired) electrons. The smallest absolute Gasteiger partial charge is 0.181 e. The summed E-state index contributed by atoms with van der Waals surface area (Å²) in [5.74, 6) is 0. The lowest BCUT2D eigenvalue weighted by atomic mass is 9.98. The lowest BCUT2D eigenvalue weighted by Gasteiger charge is -2.37. The molecule has 0 fully saturated rings. The minimum atomic E-state index is -3.29. The van der Waals surface area contributed by atoms with Crippen LogP contribution in [0, 0.1) is 34.0 Å². The summed E-state index contributed by atoms with van der Waals surface area (Å²) in [5.41, 5.74) is 6.12. The average Bonchev–Trinajstić information content (AvgIpc) is 3.52. The second-order valence-electron chi connectivity index (χ2n) is 12.2. The van der Waals surface area contributed by atoms with Crippen molar-refractivity contribution < 1.29 is 0 Å². The van der Waals surface area contributed by atoms with Gasteiger partial charge in [-0.25, -0.2) is 0 Å². The van der Waals surface area contributed by atoms with Crippen LogP contribution in [0.25, 0.3) is 38.6 Å². The highest BCUT2D eigenvalue weighted by atomic mass is 28.3. The van der Waals surface area contributed by atoms with Crippen LogP contribution in [0.1, 0.15) is 16.7 Å². The molecule has 0 spiro atoms. The molecule has 1 aromatic heterocycles. The Morgan fingerprint density at radius 3 is 1.60 bits per heavy atom. The predicted octanol–water partition coefficient (Wildman–Crippen LogP) is 7.44. The van der Waals surface area contributed by atoms with Gasteiger partial charge in [-0.1, -0.05) is 133 Å². The Kier molecular flexibility index (Phi) is 7.63. The van der Waals surface area contributed by atoms with Crippen LogP contribution in [0.4, 0.5) is 0 Å². The standard InChI is InChI=1S/C45H28N4Si/c46-29-32-24-27-44-40(28-32)38-21-11-13-23-43(38)49(44)42-22-12-10-20-37(42)39-26-25-33(30-47)41(31-48)45(39)50(34-14-4-1-5-15-34,35-16-6-2-7-17-35)36-18-8-3-9-19-36/h1-28H. The molecule has 50 heavy (non-hydrogen) atoms. The summed E-state index contributed by atoms with van der Waals surface area (Å²) in [5, 5.41) is 37.6. The molecule has 1 heterocycles. The first-order valence-corrected chi connectivity index (χ1v) is 18.4. The molecule has 4 nitrogen and oxygen atoms in total. The maximum atomic E-state index is 11.1. The summed E-state index contributed by atoms with van der Waals surface area (Å²) in [6, 6.07) is 64.8. The van der Waals surface area contributed by atoms with E-state index in [0.29, 0.717) is 16.7 Å². The number of aromatic nitrogens is 1. The van der Waals surface area contributed by atoms with E-state index in [1.54, 1.807) is 6.07 Å². The van der Waals surface area contributed by atoms with Gasteiger partial charge >= 0.3 is 0 Å². The Hall–Kier alpha value is -6.97. The average molecular weight is 653 g/mol. The molecule has 7 aromatic carbocycles. The number of hydrogen-bond donors (Lipinski definition) is 0. The van der Waals surface area contributed by atoms with Crippen molar-refractivity contribution in [3.05, 3.63) is 187 Å². The SMILES string of the molecule is N#Cc1ccc2c(c1)c1ccccc1n2-c1ccccc1-c1ccc(C#N)c(C#N)c1[Si](c1ccccc1)(c1ccccc1)c1ccccc1. The number of para-hydroxylation sites is 2. The molecule has 0 N–H and O–H groups in total. The number of nitriles is 3. The van der Waals surface area contributed by atoms with Gasteiger partial charge in [0.15, 0.2) is 8.07 Å². The van der Waals surface area contributed by atoms with Crippen molar-refractivity contribution in [3.8, 4) is 35.0 Å². The van der Waals surface area contributed by atoms with E-state index >= 15 is 0 Å². The number of hydrogen-bond acceptors (Lipinski definition) is 3. The van der Waals surface area contributed by atoms with Crippen LogP contribution in [-0.4, -0.2) is 12.6 Å². The van der Waals surface area contributed by atoms with Gasteiger partial charge < -0.3 is 4.57 Å². The van der Waals surface area contributed by atoms with Crippen LogP contribution in [-0.2, 0) is 0 Å². The minimum absolute atomic E-state index is 0.351. The first-order chi connectivity index (χ1) is 24.7. The summed E-state index contributed by atoms with van der Waals surface area (Å²) in [7, 11) is -3.29. The Bertz CT molecular complexity index is 2580. The van der Waals surface area contributed by atoms with Crippen molar-refractivity contribution in [1.82, 2.24) is 4.57 Å². The zero-order valence-corrected chi connectivity index (χ0v) is 28.0. The Morgan fingerprint density at radius 2 is 1.00 bits per heavy atom. The van der Waals surface area contributed by atoms with Gasteiger partial charge in [0, 0.05) is 16.3 Å². The van der Waals surface area contributed by atoms with Crippen molar-refractivity contribution >= 4 is 50.6 Å². The fourth-order valence-corrected chi connectivity index (χ4v) is 12.8. The van der Waals surface area contributed by atoms with Gasteiger partial charge in [-0.15, -0.1) is 0 Å². The van der Waals surface area contributed by atoms with E-state index in [1.807, 2.05) is 66.7 Å². The van der Waals surface area contributed by atoms with Crippen LogP contribution in [0.3, 0.4) is 0 Å². The van der Waals surface area contributed by atoms with E-state index in [1.165, 1.54) is 0 Å². The molecule has 0 bridgehead atoms. The van der Waals surface area contributed by atoms with Crippen molar-refractivity contribution in [2.45, 2.75) is 0 Å². The molecule has 0 atom stereocenters. The van der Waals surface area contributed by atoms with Crippen LogP contribution >= 0.6 is 0 Å². The van der Waals surface area contributed by atoms with Crippen molar-refractivity contribution in [2.75, 3.05) is 0 Å². The van der Waals surface area contributed by atoms with Crippen LogP contribution in [0.5, 0.6) is 0 Å². The van der Waals surface area contributed by atoms with Gasteiger partial charge in [-0.2, -0.15) is 15.8 Å². The molecule has 5 heteroatoms. The molecule has 0 amide bonds. The van der Waals surface area contributed by atoms with Crippen molar-refractivity contribution in [2.24, 2.45) is 0 Å². The zero-order chi connectivity index (χ0) is 34.1. The molecule has 0 aliphatic carbocycles. The highest BCUT2D eigenvalue weighted by Gasteiger charge is 2.45. The second-order valence-corrected chi connectivity index (χ2v) is 15.9. The predicted molar refractivity (Wildman–Crippen MR) is 204 cm³/mol. The van der Waals surface area contributed by atoms with E-state index in [9.17, 15) is 15.8 Å². The van der Waals surface area contributed by atoms with Crippen LogP contribution in [0.15, 0.2) is 170 Å². The normalized spacial score (nSPS) is 11.1. The highest BCUT2D eigenvalue weighted by molar-refractivity contribution is 7.20. The number of nitrogens with zero attached hydrogens (tertiary/aromatic N) is 4. The molecule has 0 aliphatic heterocycles. The molecule has 8 aromatic rings. The van der Waals surface area contributed by atoms with Crippen LogP contribution < -0.4 is 20.7 Å². The van der Waals surface area contributed by atoms with E-state index in [4.69, 9.17) is 0 Å². The fourth-order valence-electron chi connectivity index (χ4n) is 7.62. The molecular weight excluding hydrogens is 625 g/mol. The first-order valence-electron chi connectivity index (χ1n) is 16.4. The van der Waals surface area contributed by atoms with Gasteiger partial charge in [0.05, 0.1) is 39.5 Å². The third-order valence-electron chi connectivity index (χ3n) is 9.67. The largest absolute Gasteiger partial charge is 0.309 e. The fraction of sp³-hybridized carbons (Fsp3) is 0. The molecule has 0 aliphatic rings. The van der Waals surface area contributed by atoms with Gasteiger partial charge in [-0.05, 0) is 62.7 Å². The molecule has 8 rings (SSSR count). The number of fused-ring (bicyclic) bond motifs is 3. The Morgan fingerprint density at radius 1 is 0.440 bits per heavy atom. The minimum Gasteiger partial charge on any atom is -0.309 e. The summed E-state index contributed by atoms with van der Waals surface area (Å²) in [4.78, 5) is 0. The third kappa shape index (κ3) is 4.64. The third-order valence-corrected chi connectivity index (χ3v) is 14.5.